The highest BCUT2D eigenvalue weighted by Crippen LogP contribution is 2.52. The molecule has 11 rings (SSSR count). The summed E-state index contributed by atoms with van der Waals surface area (Å²) in [5.41, 5.74) is 19.4. The van der Waals surface area contributed by atoms with E-state index in [9.17, 15) is 0 Å². The predicted molar refractivity (Wildman–Crippen MR) is 281 cm³/mol. The fourth-order valence-electron chi connectivity index (χ4n) is 9.88. The fourth-order valence-corrected chi connectivity index (χ4v) is 9.88. The van der Waals surface area contributed by atoms with Crippen LogP contribution in [0, 0.1) is 0 Å². The second kappa shape index (κ2) is 17.0. The molecule has 316 valence electrons. The van der Waals surface area contributed by atoms with Gasteiger partial charge in [0.1, 0.15) is 0 Å². The highest BCUT2D eigenvalue weighted by Gasteiger charge is 2.36. The predicted octanol–water partition coefficient (Wildman–Crippen LogP) is 16.1. The van der Waals surface area contributed by atoms with Gasteiger partial charge in [0, 0.05) is 21.9 Å². The number of hydrogen-bond donors (Lipinski definition) is 1. The molecule has 0 bridgehead atoms. The number of nitrogens with zero attached hydrogens (tertiary/aromatic N) is 2. The van der Waals surface area contributed by atoms with Crippen LogP contribution in [-0.2, 0) is 5.41 Å². The van der Waals surface area contributed by atoms with Gasteiger partial charge in [-0.3, -0.25) is 4.57 Å². The zero-order chi connectivity index (χ0) is 44.6. The molecule has 3 heteroatoms. The molecule has 0 saturated heterocycles. The molecule has 0 amide bonds. The summed E-state index contributed by atoms with van der Waals surface area (Å²) in [7, 11) is 0. The molecule has 1 aliphatic carbocycles. The minimum atomic E-state index is -0.205. The van der Waals surface area contributed by atoms with Gasteiger partial charge in [0.25, 0.3) is 0 Å². The third-order valence-corrected chi connectivity index (χ3v) is 13.2. The maximum absolute atomic E-state index is 5.74. The molecule has 3 nitrogen and oxygen atoms in total. The van der Waals surface area contributed by atoms with Crippen molar-refractivity contribution in [3.8, 4) is 44.5 Å². The Labute approximate surface area is 387 Å². The largest absolute Gasteiger partial charge is 0.325 e. The zero-order valence-corrected chi connectivity index (χ0v) is 37.2. The molecule has 2 aliphatic rings. The van der Waals surface area contributed by atoms with E-state index in [0.29, 0.717) is 6.42 Å². The van der Waals surface area contributed by atoms with Crippen molar-refractivity contribution in [2.75, 3.05) is 0 Å². The molecule has 0 spiro atoms. The smallest absolute Gasteiger partial charge is 0.213 e. The number of hydrogen-bond acceptors (Lipinski definition) is 2. The number of fused-ring (bicyclic) bond motifs is 6. The molecule has 1 N–H and O–H groups in total. The summed E-state index contributed by atoms with van der Waals surface area (Å²) in [6.45, 7) is 8.52. The minimum absolute atomic E-state index is 0.205. The molecule has 0 atom stereocenters. The minimum Gasteiger partial charge on any atom is -0.325 e. The number of aromatic nitrogens is 1. The van der Waals surface area contributed by atoms with Crippen LogP contribution in [0.15, 0.2) is 236 Å². The van der Waals surface area contributed by atoms with Crippen molar-refractivity contribution < 1.29 is 0 Å². The second-order valence-corrected chi connectivity index (χ2v) is 17.6. The van der Waals surface area contributed by atoms with Crippen LogP contribution in [0.1, 0.15) is 48.1 Å². The van der Waals surface area contributed by atoms with Crippen molar-refractivity contribution in [1.29, 1.82) is 0 Å². The Kier molecular flexibility index (Phi) is 10.4. The third kappa shape index (κ3) is 7.35. The van der Waals surface area contributed by atoms with Crippen LogP contribution in [-0.4, -0.2) is 10.5 Å². The number of allylic oxidation sites excluding steroid dienone is 6. The van der Waals surface area contributed by atoms with Gasteiger partial charge >= 0.3 is 0 Å². The second-order valence-electron chi connectivity index (χ2n) is 17.6. The number of aliphatic imine (C=N–C) groups is 1. The van der Waals surface area contributed by atoms with Crippen LogP contribution in [0.4, 0.5) is 0 Å². The van der Waals surface area contributed by atoms with Gasteiger partial charge in [0.2, 0.25) is 5.96 Å². The van der Waals surface area contributed by atoms with Crippen LogP contribution >= 0.6 is 0 Å². The van der Waals surface area contributed by atoms with E-state index in [1.54, 1.807) is 6.08 Å². The van der Waals surface area contributed by atoms with Crippen molar-refractivity contribution in [1.82, 2.24) is 9.88 Å². The molecular formula is C63H49N3. The summed E-state index contributed by atoms with van der Waals surface area (Å²) in [6, 6.07) is 68.3. The van der Waals surface area contributed by atoms with E-state index in [0.717, 1.165) is 56.2 Å². The number of benzene rings is 8. The maximum atomic E-state index is 5.74. The molecule has 0 radical (unpaired) electrons. The molecular weight excluding hydrogens is 799 g/mol. The lowest BCUT2D eigenvalue weighted by molar-refractivity contribution is 0.661. The summed E-state index contributed by atoms with van der Waals surface area (Å²) >= 11 is 0. The van der Waals surface area contributed by atoms with Crippen LogP contribution < -0.4 is 5.32 Å². The van der Waals surface area contributed by atoms with Gasteiger partial charge in [-0.25, -0.2) is 4.99 Å². The normalized spacial score (nSPS) is 15.1. The molecule has 0 fully saturated rings. The quantitative estimate of drug-likeness (QED) is 0.152. The van der Waals surface area contributed by atoms with Gasteiger partial charge in [-0.1, -0.05) is 227 Å². The first-order valence-electron chi connectivity index (χ1n) is 22.8. The van der Waals surface area contributed by atoms with Crippen molar-refractivity contribution in [2.45, 2.75) is 25.7 Å². The van der Waals surface area contributed by atoms with Crippen molar-refractivity contribution >= 4 is 45.2 Å². The molecule has 0 saturated carbocycles. The van der Waals surface area contributed by atoms with Gasteiger partial charge in [0.15, 0.2) is 0 Å². The number of rotatable bonds is 8. The van der Waals surface area contributed by atoms with E-state index in [2.05, 4.69) is 237 Å². The summed E-state index contributed by atoms with van der Waals surface area (Å²) in [5, 5.41) is 6.37. The van der Waals surface area contributed by atoms with Gasteiger partial charge in [-0.15, -0.1) is 0 Å². The van der Waals surface area contributed by atoms with Crippen molar-refractivity contribution in [3.05, 3.63) is 259 Å². The summed E-state index contributed by atoms with van der Waals surface area (Å²) < 4.78 is 2.40. The highest BCUT2D eigenvalue weighted by atomic mass is 15.2. The molecule has 8 aromatic carbocycles. The summed E-state index contributed by atoms with van der Waals surface area (Å²) in [6.07, 6.45) is 15.1. The summed E-state index contributed by atoms with van der Waals surface area (Å²) in [4.78, 5) is 5.74. The van der Waals surface area contributed by atoms with Crippen LogP contribution in [0.2, 0.25) is 0 Å². The Hall–Kier alpha value is -8.27. The Morgan fingerprint density at radius 1 is 0.515 bits per heavy atom. The van der Waals surface area contributed by atoms with Gasteiger partial charge in [0.05, 0.1) is 16.7 Å². The Morgan fingerprint density at radius 2 is 1.14 bits per heavy atom. The maximum Gasteiger partial charge on any atom is 0.213 e. The molecule has 0 unspecified atom stereocenters. The molecule has 1 aromatic heterocycles. The monoisotopic (exact) mass is 847 g/mol. The Morgan fingerprint density at radius 3 is 1.85 bits per heavy atom. The van der Waals surface area contributed by atoms with E-state index in [1.807, 2.05) is 18.2 Å². The van der Waals surface area contributed by atoms with E-state index in [1.165, 1.54) is 55.3 Å². The molecule has 9 aromatic rings. The number of nitrogens with one attached hydrogen (secondary N) is 1. The highest BCUT2D eigenvalue weighted by molar-refractivity contribution is 6.22. The van der Waals surface area contributed by atoms with E-state index in [-0.39, 0.29) is 5.41 Å². The molecule has 66 heavy (non-hydrogen) atoms. The van der Waals surface area contributed by atoms with E-state index in [4.69, 9.17) is 4.99 Å². The first kappa shape index (κ1) is 40.5. The van der Waals surface area contributed by atoms with Crippen molar-refractivity contribution in [2.24, 2.45) is 4.99 Å². The Balaban J connectivity index is 1.18. The fraction of sp³-hybridized carbons (Fsp3) is 0.0635. The topological polar surface area (TPSA) is 29.3 Å². The third-order valence-electron chi connectivity index (χ3n) is 13.2. The lowest BCUT2D eigenvalue weighted by Gasteiger charge is -2.22. The standard InChI is InChI=1S/C63H49N3/c1-4-5-6-10-20-43-31-33-48(34-32-43)57-29-19-30-58(49-37-35-46(36-38-49)44-21-11-7-12-22-44)65-62(64-57)66-59-42-56-53(51-27-17-18-28-55(51)63(56,2)3)41-54(59)61-52(47-25-15-9-16-26-47)39-50(40-60(61)66)45-23-13-8-14-24-45/h4-18,20-42H,1,19H2,2-3H3,(H,64,65)/b6-5-,20-10+,57-29?,58-30+. The first-order valence-corrected chi connectivity index (χ1v) is 22.8. The lowest BCUT2D eigenvalue weighted by Crippen LogP contribution is -2.30. The van der Waals surface area contributed by atoms with Crippen LogP contribution in [0.3, 0.4) is 0 Å². The molecule has 1 aliphatic heterocycles. The van der Waals surface area contributed by atoms with E-state index < -0.39 is 0 Å². The van der Waals surface area contributed by atoms with E-state index >= 15 is 0 Å². The van der Waals surface area contributed by atoms with Crippen molar-refractivity contribution in [3.63, 3.8) is 0 Å². The molecule has 2 heterocycles. The van der Waals surface area contributed by atoms with Gasteiger partial charge in [-0.05, 0) is 103 Å². The average molecular weight is 848 g/mol. The SMILES string of the molecule is C=C/C=C\C=C\c1ccc(C2=CC/C=C(\c3ccc(-c4ccccc4)cc3)N=C(n3c4cc5c(cc4c4c(-c6ccccc6)cc(-c6ccccc6)cc43)-c3ccccc3C5(C)C)N2)cc1. The lowest BCUT2D eigenvalue weighted by atomic mass is 9.82. The van der Waals surface area contributed by atoms with Gasteiger partial charge in [-0.2, -0.15) is 0 Å². The van der Waals surface area contributed by atoms with Crippen LogP contribution in [0.5, 0.6) is 0 Å². The van der Waals surface area contributed by atoms with Crippen LogP contribution in [0.25, 0.3) is 83.8 Å². The Bertz CT molecular complexity index is 3450. The first-order chi connectivity index (χ1) is 32.4. The summed E-state index contributed by atoms with van der Waals surface area (Å²) in [5.74, 6) is 0.732. The van der Waals surface area contributed by atoms with Gasteiger partial charge < -0.3 is 5.32 Å². The zero-order valence-electron chi connectivity index (χ0n) is 37.2. The average Bonchev–Trinajstić information content (AvgIpc) is 3.80.